The van der Waals surface area contributed by atoms with E-state index in [1.807, 2.05) is 6.07 Å². The van der Waals surface area contributed by atoms with Gasteiger partial charge in [-0.05, 0) is 11.6 Å². The molecular weight excluding hydrogens is 282 g/mol. The lowest BCUT2D eigenvalue weighted by atomic mass is 10.1. The Labute approximate surface area is 123 Å². The highest BCUT2D eigenvalue weighted by Gasteiger charge is 2.03. The van der Waals surface area contributed by atoms with Gasteiger partial charge in [0.25, 0.3) is 0 Å². The maximum absolute atomic E-state index is 11.1. The first-order valence-electron chi connectivity index (χ1n) is 6.08. The first-order valence-corrected chi connectivity index (χ1v) is 6.08. The highest BCUT2D eigenvalue weighted by atomic mass is 16.1. The van der Waals surface area contributed by atoms with Crippen LogP contribution in [0.2, 0.25) is 0 Å². The highest BCUT2D eigenvalue weighted by Crippen LogP contribution is 2.00. The molecule has 0 aliphatic rings. The van der Waals surface area contributed by atoms with E-state index in [9.17, 15) is 19.2 Å². The van der Waals surface area contributed by atoms with Gasteiger partial charge in [0.15, 0.2) is 0 Å². The molecule has 0 atom stereocenters. The minimum Gasteiger partial charge on any atom is -0.255 e. The summed E-state index contributed by atoms with van der Waals surface area (Å²) in [5, 5.41) is -1.24. The number of hydrogen-bond acceptors (Lipinski definition) is 5. The Balaban J connectivity index is 2.89. The lowest BCUT2D eigenvalue weighted by molar-refractivity contribution is 0.561. The van der Waals surface area contributed by atoms with Crippen molar-refractivity contribution >= 4 is 35.7 Å². The molecule has 22 heavy (non-hydrogen) atoms. The fourth-order valence-corrected chi connectivity index (χ4v) is 1.85. The van der Waals surface area contributed by atoms with Crippen molar-refractivity contribution in [1.82, 2.24) is 0 Å². The van der Waals surface area contributed by atoms with Gasteiger partial charge < -0.3 is 0 Å². The van der Waals surface area contributed by atoms with Gasteiger partial charge in [-0.3, -0.25) is 4.99 Å². The lowest BCUT2D eigenvalue weighted by Crippen LogP contribution is -2.51. The lowest BCUT2D eigenvalue weighted by Gasteiger charge is -1.94. The number of hydrogen-bond donors (Lipinski definition) is 0. The summed E-state index contributed by atoms with van der Waals surface area (Å²) < 4.78 is 0. The minimum atomic E-state index is -0.397. The van der Waals surface area contributed by atoms with Crippen LogP contribution in [0, 0.1) is 0 Å². The first-order chi connectivity index (χ1) is 10.7. The SMILES string of the molecule is O=C=c1cc(N=Cc2ccccc2)c(=C=O)c(=C=O)c1=C=O. The summed E-state index contributed by atoms with van der Waals surface area (Å²) in [7, 11) is 0. The van der Waals surface area contributed by atoms with Crippen molar-refractivity contribution in [3.8, 4) is 0 Å². The Morgan fingerprint density at radius 1 is 0.773 bits per heavy atom. The topological polar surface area (TPSA) is 80.6 Å². The largest absolute Gasteiger partial charge is 0.255 e. The molecule has 0 N–H and O–H groups in total. The second-order valence-electron chi connectivity index (χ2n) is 4.15. The fourth-order valence-electron chi connectivity index (χ4n) is 1.85. The molecule has 0 amide bonds. The van der Waals surface area contributed by atoms with Crippen LogP contribution in [0.1, 0.15) is 5.56 Å². The molecule has 0 fully saturated rings. The quantitative estimate of drug-likeness (QED) is 0.570. The third-order valence-corrected chi connectivity index (χ3v) is 2.87. The van der Waals surface area contributed by atoms with Crippen LogP contribution in [-0.4, -0.2) is 30.0 Å². The van der Waals surface area contributed by atoms with Crippen molar-refractivity contribution in [3.63, 3.8) is 0 Å². The van der Waals surface area contributed by atoms with Crippen molar-refractivity contribution in [2.24, 2.45) is 4.99 Å². The second kappa shape index (κ2) is 6.74. The van der Waals surface area contributed by atoms with Crippen molar-refractivity contribution in [1.29, 1.82) is 0 Å². The third-order valence-electron chi connectivity index (χ3n) is 2.87. The van der Waals surface area contributed by atoms with Gasteiger partial charge in [0.05, 0.1) is 21.3 Å². The molecule has 5 nitrogen and oxygen atoms in total. The van der Waals surface area contributed by atoms with Crippen LogP contribution in [0.25, 0.3) is 0 Å². The molecule has 0 aromatic heterocycles. The van der Waals surface area contributed by atoms with Crippen molar-refractivity contribution in [2.75, 3.05) is 0 Å². The monoisotopic (exact) mass is 289 g/mol. The number of aliphatic imine (C=N–C) groups is 1. The Hall–Kier alpha value is -3.57. The molecule has 0 aliphatic carbocycles. The standard InChI is InChI=1S/C17H7NO4/c19-8-13-6-17(18-7-12-4-2-1-3-5-12)16(11-22)15(10-21)14(13)9-20/h1-7H. The summed E-state index contributed by atoms with van der Waals surface area (Å²) in [6.45, 7) is 0. The van der Waals surface area contributed by atoms with E-state index in [0.29, 0.717) is 0 Å². The van der Waals surface area contributed by atoms with Crippen molar-refractivity contribution in [3.05, 3.63) is 62.8 Å². The second-order valence-corrected chi connectivity index (χ2v) is 4.15. The number of carbonyl (C=O) groups excluding carboxylic acids is 4. The molecule has 0 bridgehead atoms. The molecule has 104 valence electrons. The van der Waals surface area contributed by atoms with Gasteiger partial charge in [-0.1, -0.05) is 30.3 Å². The summed E-state index contributed by atoms with van der Waals surface area (Å²) in [4.78, 5) is 47.9. The van der Waals surface area contributed by atoms with E-state index in [1.165, 1.54) is 30.1 Å². The van der Waals surface area contributed by atoms with Crippen LogP contribution in [0.4, 0.5) is 5.69 Å². The molecule has 0 radical (unpaired) electrons. The summed E-state index contributed by atoms with van der Waals surface area (Å²) in [6, 6.07) is 10.2. The van der Waals surface area contributed by atoms with Gasteiger partial charge in [-0.15, -0.1) is 0 Å². The van der Waals surface area contributed by atoms with E-state index in [2.05, 4.69) is 4.99 Å². The number of rotatable bonds is 2. The van der Waals surface area contributed by atoms with Gasteiger partial charge in [-0.25, -0.2) is 19.2 Å². The fraction of sp³-hybridized carbons (Fsp3) is 0. The molecule has 2 rings (SSSR count). The van der Waals surface area contributed by atoms with E-state index in [1.54, 1.807) is 30.2 Å². The van der Waals surface area contributed by atoms with Gasteiger partial charge in [-0.2, -0.15) is 0 Å². The van der Waals surface area contributed by atoms with E-state index in [-0.39, 0.29) is 21.3 Å². The van der Waals surface area contributed by atoms with Gasteiger partial charge >= 0.3 is 0 Å². The predicted molar refractivity (Wildman–Crippen MR) is 77.8 cm³/mol. The predicted octanol–water partition coefficient (Wildman–Crippen LogP) is -2.55. The molecular formula is C17H7NO4. The molecule has 0 spiro atoms. The third kappa shape index (κ3) is 2.79. The van der Waals surface area contributed by atoms with Crippen molar-refractivity contribution in [2.45, 2.75) is 0 Å². The van der Waals surface area contributed by atoms with Crippen LogP contribution in [-0.2, 0) is 19.2 Å². The zero-order valence-corrected chi connectivity index (χ0v) is 11.1. The average Bonchev–Trinajstić information content (AvgIpc) is 2.58. The van der Waals surface area contributed by atoms with E-state index >= 15 is 0 Å². The van der Waals surface area contributed by atoms with E-state index < -0.39 is 5.22 Å². The summed E-state index contributed by atoms with van der Waals surface area (Å²) in [5.41, 5.74) is 0.771. The number of nitrogens with zero attached hydrogens (tertiary/aromatic N) is 1. The van der Waals surface area contributed by atoms with Gasteiger partial charge in [0, 0.05) is 6.21 Å². The van der Waals surface area contributed by atoms with Gasteiger partial charge in [0.1, 0.15) is 29.0 Å². The van der Waals surface area contributed by atoms with Crippen LogP contribution >= 0.6 is 0 Å². The molecule has 2 aromatic rings. The van der Waals surface area contributed by atoms with Crippen LogP contribution in [0.3, 0.4) is 0 Å². The van der Waals surface area contributed by atoms with Crippen LogP contribution in [0.5, 0.6) is 0 Å². The number of benzene rings is 2. The van der Waals surface area contributed by atoms with Gasteiger partial charge in [0.2, 0.25) is 0 Å². The maximum atomic E-state index is 11.1. The smallest absolute Gasteiger partial charge is 0.136 e. The summed E-state index contributed by atoms with van der Waals surface area (Å²) in [5.74, 6) is 5.95. The summed E-state index contributed by atoms with van der Waals surface area (Å²) in [6.07, 6.45) is 1.45. The van der Waals surface area contributed by atoms with E-state index in [4.69, 9.17) is 0 Å². The summed E-state index contributed by atoms with van der Waals surface area (Å²) >= 11 is 0. The normalized spacial score (nSPS) is 9.64. The molecule has 0 heterocycles. The Morgan fingerprint density at radius 3 is 1.95 bits per heavy atom. The highest BCUT2D eigenvalue weighted by molar-refractivity contribution is 5.82. The van der Waals surface area contributed by atoms with Crippen LogP contribution < -0.4 is 20.9 Å². The van der Waals surface area contributed by atoms with Crippen molar-refractivity contribution < 1.29 is 19.2 Å². The maximum Gasteiger partial charge on any atom is 0.136 e. The Kier molecular flexibility index (Phi) is 4.54. The van der Waals surface area contributed by atoms with Crippen LogP contribution in [0.15, 0.2) is 41.4 Å². The molecule has 0 saturated heterocycles. The zero-order chi connectivity index (χ0) is 15.9. The molecule has 5 heteroatoms. The first kappa shape index (κ1) is 14.8. The molecule has 0 aliphatic heterocycles. The molecule has 0 saturated carbocycles. The molecule has 0 unspecified atom stereocenters. The average molecular weight is 289 g/mol. The Morgan fingerprint density at radius 2 is 1.41 bits per heavy atom. The zero-order valence-electron chi connectivity index (χ0n) is 11.1. The molecule has 2 aromatic carbocycles. The minimum absolute atomic E-state index is 0.0227. The Bertz CT molecular complexity index is 1080. The van der Waals surface area contributed by atoms with E-state index in [0.717, 1.165) is 5.56 Å².